The molecule has 3 aromatic rings. The summed E-state index contributed by atoms with van der Waals surface area (Å²) >= 11 is 0. The van der Waals surface area contributed by atoms with Gasteiger partial charge in [0.2, 0.25) is 0 Å². The maximum absolute atomic E-state index is 13.5. The molecule has 42 heavy (non-hydrogen) atoms. The van der Waals surface area contributed by atoms with Gasteiger partial charge in [0.15, 0.2) is 9.84 Å². The number of carbonyl (C=O) groups excluding carboxylic acids is 1. The third-order valence-electron chi connectivity index (χ3n) is 7.24. The number of fused-ring (bicyclic) bond motifs is 1. The Morgan fingerprint density at radius 2 is 1.98 bits per heavy atom. The zero-order chi connectivity index (χ0) is 30.9. The van der Waals surface area contributed by atoms with Crippen LogP contribution in [0.4, 0.5) is 18.9 Å². The predicted octanol–water partition coefficient (Wildman–Crippen LogP) is 3.93. The minimum Gasteiger partial charge on any atom is -0.495 e. The largest absolute Gasteiger partial charge is 0.495 e. The smallest absolute Gasteiger partial charge is 0.406 e. The lowest BCUT2D eigenvalue weighted by Crippen LogP contribution is -2.54. The number of aromatic nitrogens is 2. The highest BCUT2D eigenvalue weighted by Gasteiger charge is 2.36. The summed E-state index contributed by atoms with van der Waals surface area (Å²) < 4.78 is 70.0. The Morgan fingerprint density at radius 1 is 1.24 bits per heavy atom. The summed E-state index contributed by atoms with van der Waals surface area (Å²) in [6, 6.07) is 7.27. The van der Waals surface area contributed by atoms with Crippen molar-refractivity contribution in [2.75, 3.05) is 45.4 Å². The second kappa shape index (κ2) is 11.9. The number of sulfone groups is 1. The molecule has 0 aliphatic carbocycles. The Balaban J connectivity index is 1.65. The zero-order valence-corrected chi connectivity index (χ0v) is 24.9. The van der Waals surface area contributed by atoms with Crippen LogP contribution in [-0.2, 0) is 16.4 Å². The number of ether oxygens (including phenoxy) is 1. The van der Waals surface area contributed by atoms with Gasteiger partial charge in [0.25, 0.3) is 5.91 Å². The number of likely N-dealkylation sites (tertiary alicyclic amines) is 1. The second-order valence-corrected chi connectivity index (χ2v) is 13.2. The highest BCUT2D eigenvalue weighted by atomic mass is 32.2. The van der Waals surface area contributed by atoms with Crippen LogP contribution in [0.3, 0.4) is 0 Å². The number of hydrogen-bond acceptors (Lipinski definition) is 7. The van der Waals surface area contributed by atoms with Gasteiger partial charge >= 0.3 is 6.18 Å². The van der Waals surface area contributed by atoms with Gasteiger partial charge in [0.1, 0.15) is 17.8 Å². The molecular weight excluding hydrogens is 571 g/mol. The SMILES string of the molecule is COc1ccc(S(C)(=O)=O)cc1NCC#Cc1cc(C(=O)NC2CCN(C)CC2(C)C)c2ncn(CC(F)(F)F)c2c1. The van der Waals surface area contributed by atoms with Gasteiger partial charge in [-0.3, -0.25) is 4.79 Å². The molecule has 0 radical (unpaired) electrons. The van der Waals surface area contributed by atoms with Crippen molar-refractivity contribution < 1.29 is 31.1 Å². The standard InChI is InChI=1S/C29H34F3N5O4S/c1-28(2)16-36(3)12-10-25(28)35-27(38)21-13-19(14-23-26(21)34-18-37(23)17-29(30,31)32)7-6-11-33-22-15-20(42(5,39)40)8-9-24(22)41-4/h8-9,13-15,18,25,33H,10-12,16-17H2,1-5H3,(H,35,38). The van der Waals surface area contributed by atoms with Crippen LogP contribution in [0, 0.1) is 17.3 Å². The van der Waals surface area contributed by atoms with Crippen molar-refractivity contribution in [2.45, 2.75) is 43.9 Å². The fourth-order valence-corrected chi connectivity index (χ4v) is 5.85. The summed E-state index contributed by atoms with van der Waals surface area (Å²) in [4.78, 5) is 20.0. The van der Waals surface area contributed by atoms with E-state index in [1.54, 1.807) is 0 Å². The summed E-state index contributed by atoms with van der Waals surface area (Å²) in [7, 11) is 0.0189. The molecule has 1 atom stereocenters. The van der Waals surface area contributed by atoms with Gasteiger partial charge < -0.3 is 24.8 Å². The lowest BCUT2D eigenvalue weighted by atomic mass is 9.79. The summed E-state index contributed by atoms with van der Waals surface area (Å²) in [5.41, 5.74) is 0.974. The molecule has 1 unspecified atom stereocenters. The van der Waals surface area contributed by atoms with E-state index >= 15 is 0 Å². The molecule has 4 rings (SSSR count). The highest BCUT2D eigenvalue weighted by molar-refractivity contribution is 7.90. The number of alkyl halides is 3. The Hall–Kier alpha value is -3.76. The van der Waals surface area contributed by atoms with Crippen molar-refractivity contribution in [3.05, 3.63) is 47.8 Å². The molecular formula is C29H34F3N5O4S. The van der Waals surface area contributed by atoms with Gasteiger partial charge in [-0.1, -0.05) is 25.7 Å². The quantitative estimate of drug-likeness (QED) is 0.393. The van der Waals surface area contributed by atoms with Crippen molar-refractivity contribution >= 4 is 32.5 Å². The average Bonchev–Trinajstić information content (AvgIpc) is 3.27. The second-order valence-electron chi connectivity index (χ2n) is 11.2. The van der Waals surface area contributed by atoms with E-state index in [9.17, 15) is 26.4 Å². The number of rotatable bonds is 7. The van der Waals surface area contributed by atoms with Crippen LogP contribution in [0.25, 0.3) is 11.0 Å². The number of anilines is 1. The molecule has 1 aliphatic heterocycles. The van der Waals surface area contributed by atoms with Crippen molar-refractivity contribution in [3.63, 3.8) is 0 Å². The third kappa shape index (κ3) is 7.35. The van der Waals surface area contributed by atoms with Crippen LogP contribution in [-0.4, -0.2) is 81.0 Å². The first-order valence-corrected chi connectivity index (χ1v) is 15.1. The van der Waals surface area contributed by atoms with Crippen molar-refractivity contribution in [2.24, 2.45) is 5.41 Å². The van der Waals surface area contributed by atoms with Crippen molar-refractivity contribution in [1.29, 1.82) is 0 Å². The minimum atomic E-state index is -4.49. The van der Waals surface area contributed by atoms with E-state index in [4.69, 9.17) is 4.74 Å². The average molecular weight is 606 g/mol. The number of amides is 1. The maximum atomic E-state index is 13.5. The Bertz CT molecular complexity index is 1660. The first-order chi connectivity index (χ1) is 19.6. The van der Waals surface area contributed by atoms with E-state index in [2.05, 4.69) is 46.2 Å². The van der Waals surface area contributed by atoms with E-state index < -0.39 is 28.5 Å². The third-order valence-corrected chi connectivity index (χ3v) is 8.35. The number of imidazole rings is 1. The Kier molecular flexibility index (Phi) is 8.80. The van der Waals surface area contributed by atoms with Gasteiger partial charge in [0.05, 0.1) is 41.6 Å². The summed E-state index contributed by atoms with van der Waals surface area (Å²) in [5.74, 6) is 5.79. The van der Waals surface area contributed by atoms with Gasteiger partial charge in [-0.2, -0.15) is 13.2 Å². The number of halogens is 3. The Labute approximate surface area is 243 Å². The normalized spacial score (nSPS) is 17.4. The van der Waals surface area contributed by atoms with Crippen LogP contribution < -0.4 is 15.4 Å². The maximum Gasteiger partial charge on any atom is 0.406 e. The number of hydrogen-bond donors (Lipinski definition) is 2. The number of nitrogens with one attached hydrogen (secondary N) is 2. The monoisotopic (exact) mass is 605 g/mol. The molecule has 2 aromatic carbocycles. The van der Waals surface area contributed by atoms with E-state index in [0.717, 1.165) is 36.7 Å². The van der Waals surface area contributed by atoms with Crippen molar-refractivity contribution in [3.8, 4) is 17.6 Å². The number of nitrogens with zero attached hydrogens (tertiary/aromatic N) is 3. The Morgan fingerprint density at radius 3 is 2.62 bits per heavy atom. The first-order valence-electron chi connectivity index (χ1n) is 13.2. The molecule has 226 valence electrons. The molecule has 0 bridgehead atoms. The topological polar surface area (TPSA) is 106 Å². The van der Waals surface area contributed by atoms with Crippen LogP contribution in [0.2, 0.25) is 0 Å². The molecule has 1 fully saturated rings. The summed E-state index contributed by atoms with van der Waals surface area (Å²) in [5, 5.41) is 6.09. The van der Waals surface area contributed by atoms with Gasteiger partial charge in [0, 0.05) is 24.4 Å². The van der Waals surface area contributed by atoms with Crippen LogP contribution >= 0.6 is 0 Å². The molecule has 1 aliphatic rings. The van der Waals surface area contributed by atoms with E-state index in [-0.39, 0.29) is 39.5 Å². The summed E-state index contributed by atoms with van der Waals surface area (Å²) in [6.45, 7) is 4.52. The molecule has 9 nitrogen and oxygen atoms in total. The highest BCUT2D eigenvalue weighted by Crippen LogP contribution is 2.30. The lowest BCUT2D eigenvalue weighted by Gasteiger charge is -2.43. The summed E-state index contributed by atoms with van der Waals surface area (Å²) in [6.07, 6.45) is -1.58. The molecule has 1 saturated heterocycles. The molecule has 0 saturated carbocycles. The zero-order valence-electron chi connectivity index (χ0n) is 24.1. The molecule has 13 heteroatoms. The first kappa shape index (κ1) is 31.2. The van der Waals surface area contributed by atoms with Crippen LogP contribution in [0.15, 0.2) is 41.6 Å². The number of benzene rings is 2. The molecule has 2 N–H and O–H groups in total. The molecule has 2 heterocycles. The van der Waals surface area contributed by atoms with E-state index in [1.807, 2.05) is 7.05 Å². The number of piperidine rings is 1. The molecule has 1 amide bonds. The number of methoxy groups -OCH3 is 1. The van der Waals surface area contributed by atoms with Crippen LogP contribution in [0.1, 0.15) is 36.2 Å². The number of carbonyl (C=O) groups is 1. The fourth-order valence-electron chi connectivity index (χ4n) is 5.20. The van der Waals surface area contributed by atoms with Crippen LogP contribution in [0.5, 0.6) is 5.75 Å². The van der Waals surface area contributed by atoms with Gasteiger partial charge in [-0.25, -0.2) is 13.4 Å². The minimum absolute atomic E-state index is 0.0642. The van der Waals surface area contributed by atoms with E-state index in [1.165, 1.54) is 37.4 Å². The fraction of sp³-hybridized carbons (Fsp3) is 0.448. The lowest BCUT2D eigenvalue weighted by molar-refractivity contribution is -0.139. The van der Waals surface area contributed by atoms with Crippen molar-refractivity contribution in [1.82, 2.24) is 19.8 Å². The molecule has 1 aromatic heterocycles. The van der Waals surface area contributed by atoms with Gasteiger partial charge in [-0.05, 0) is 55.8 Å². The van der Waals surface area contributed by atoms with Gasteiger partial charge in [-0.15, -0.1) is 0 Å². The van der Waals surface area contributed by atoms with E-state index in [0.29, 0.717) is 17.0 Å². The predicted molar refractivity (Wildman–Crippen MR) is 154 cm³/mol. The molecule has 0 spiro atoms.